The molecule has 0 N–H and O–H groups in total. The summed E-state index contributed by atoms with van der Waals surface area (Å²) in [7, 11) is -3.74. The van der Waals surface area contributed by atoms with Gasteiger partial charge in [0.15, 0.2) is 0 Å². The molecule has 1 fully saturated rings. The Bertz CT molecular complexity index is 979. The monoisotopic (exact) mass is 405 g/mol. The number of ether oxygens (including phenoxy) is 1. The molecular formula is C20H24FN3O3S. The van der Waals surface area contributed by atoms with E-state index in [9.17, 15) is 12.8 Å². The average Bonchev–Trinajstić information content (AvgIpc) is 2.68. The van der Waals surface area contributed by atoms with Crippen molar-refractivity contribution in [1.82, 2.24) is 14.3 Å². The third-order valence-electron chi connectivity index (χ3n) is 5.45. The predicted molar refractivity (Wildman–Crippen MR) is 102 cm³/mol. The van der Waals surface area contributed by atoms with Gasteiger partial charge in [0.05, 0.1) is 17.2 Å². The van der Waals surface area contributed by atoms with E-state index in [1.807, 2.05) is 20.0 Å². The van der Waals surface area contributed by atoms with E-state index in [1.165, 1.54) is 28.6 Å². The van der Waals surface area contributed by atoms with Gasteiger partial charge >= 0.3 is 0 Å². The van der Waals surface area contributed by atoms with Gasteiger partial charge in [0.2, 0.25) is 10.0 Å². The fourth-order valence-electron chi connectivity index (χ4n) is 3.96. The minimum Gasteiger partial charge on any atom is -0.367 e. The average molecular weight is 405 g/mol. The first kappa shape index (κ1) is 19.4. The lowest BCUT2D eigenvalue weighted by Gasteiger charge is -2.44. The maximum absolute atomic E-state index is 13.2. The van der Waals surface area contributed by atoms with Crippen LogP contribution in [0.2, 0.25) is 0 Å². The highest BCUT2D eigenvalue weighted by Gasteiger charge is 2.46. The van der Waals surface area contributed by atoms with Crippen LogP contribution in [-0.2, 0) is 26.8 Å². The van der Waals surface area contributed by atoms with Crippen LogP contribution in [0.15, 0.2) is 35.4 Å². The molecule has 1 aromatic heterocycles. The van der Waals surface area contributed by atoms with Gasteiger partial charge < -0.3 is 4.74 Å². The van der Waals surface area contributed by atoms with E-state index >= 15 is 0 Å². The highest BCUT2D eigenvalue weighted by Crippen LogP contribution is 2.40. The number of hydrogen-bond donors (Lipinski definition) is 0. The Morgan fingerprint density at radius 1 is 1.25 bits per heavy atom. The van der Waals surface area contributed by atoms with Crippen molar-refractivity contribution in [2.24, 2.45) is 0 Å². The molecule has 1 saturated heterocycles. The summed E-state index contributed by atoms with van der Waals surface area (Å²) < 4.78 is 47.1. The van der Waals surface area contributed by atoms with Crippen LogP contribution in [0.4, 0.5) is 4.39 Å². The van der Waals surface area contributed by atoms with E-state index in [4.69, 9.17) is 9.72 Å². The number of rotatable bonds is 3. The highest BCUT2D eigenvalue weighted by atomic mass is 32.2. The highest BCUT2D eigenvalue weighted by molar-refractivity contribution is 7.89. The Labute approximate surface area is 164 Å². The molecule has 4 rings (SSSR count). The molecule has 1 unspecified atom stereocenters. The number of fused-ring (bicyclic) bond motifs is 2. The van der Waals surface area contributed by atoms with Gasteiger partial charge in [-0.3, -0.25) is 0 Å². The molecule has 2 aliphatic heterocycles. The van der Waals surface area contributed by atoms with Gasteiger partial charge in [0, 0.05) is 25.2 Å². The Morgan fingerprint density at radius 3 is 2.71 bits per heavy atom. The lowest BCUT2D eigenvalue weighted by molar-refractivity contribution is -0.0936. The largest absolute Gasteiger partial charge is 0.367 e. The summed E-state index contributed by atoms with van der Waals surface area (Å²) in [5.41, 5.74) is 1.08. The summed E-state index contributed by atoms with van der Waals surface area (Å²) >= 11 is 0. The van der Waals surface area contributed by atoms with Crippen molar-refractivity contribution in [3.05, 3.63) is 53.4 Å². The molecule has 0 radical (unpaired) electrons. The Morgan fingerprint density at radius 2 is 2.00 bits per heavy atom. The second-order valence-corrected chi connectivity index (χ2v) is 9.68. The maximum Gasteiger partial charge on any atom is 0.243 e. The topological polar surface area (TPSA) is 72.4 Å². The van der Waals surface area contributed by atoms with Gasteiger partial charge in [0.25, 0.3) is 0 Å². The molecule has 0 bridgehead atoms. The van der Waals surface area contributed by atoms with Gasteiger partial charge in [-0.15, -0.1) is 0 Å². The third-order valence-corrected chi connectivity index (χ3v) is 7.31. The Hall–Kier alpha value is -1.90. The summed E-state index contributed by atoms with van der Waals surface area (Å²) in [6.07, 6.45) is 3.96. The first-order valence-electron chi connectivity index (χ1n) is 9.58. The first-order chi connectivity index (χ1) is 13.3. The van der Waals surface area contributed by atoms with E-state index in [0.717, 1.165) is 23.5 Å². The summed E-state index contributed by atoms with van der Waals surface area (Å²) in [5, 5.41) is 0. The van der Waals surface area contributed by atoms with Crippen molar-refractivity contribution in [3.63, 3.8) is 0 Å². The molecule has 28 heavy (non-hydrogen) atoms. The molecule has 1 aromatic carbocycles. The van der Waals surface area contributed by atoms with Crippen LogP contribution < -0.4 is 0 Å². The molecule has 150 valence electrons. The number of halogens is 1. The van der Waals surface area contributed by atoms with E-state index < -0.39 is 21.4 Å². The maximum atomic E-state index is 13.2. The molecule has 2 aliphatic rings. The van der Waals surface area contributed by atoms with Crippen LogP contribution in [0, 0.1) is 5.82 Å². The van der Waals surface area contributed by atoms with Crippen molar-refractivity contribution in [3.8, 4) is 0 Å². The lowest BCUT2D eigenvalue weighted by Crippen LogP contribution is -2.52. The SMILES string of the molecule is CC(C)c1ncc2c(n1)C1(CCCN(S(=O)(=O)c3ccc(F)cc3)C1)OCC2. The van der Waals surface area contributed by atoms with E-state index in [0.29, 0.717) is 26.0 Å². The van der Waals surface area contributed by atoms with Crippen molar-refractivity contribution in [2.45, 2.75) is 49.5 Å². The zero-order valence-electron chi connectivity index (χ0n) is 16.1. The Balaban J connectivity index is 1.71. The quantitative estimate of drug-likeness (QED) is 0.785. The molecule has 2 aromatic rings. The van der Waals surface area contributed by atoms with Gasteiger partial charge in [-0.05, 0) is 49.1 Å². The summed E-state index contributed by atoms with van der Waals surface area (Å²) in [4.78, 5) is 9.33. The minimum absolute atomic E-state index is 0.0903. The second-order valence-electron chi connectivity index (χ2n) is 7.75. The summed E-state index contributed by atoms with van der Waals surface area (Å²) in [5.74, 6) is 0.450. The van der Waals surface area contributed by atoms with Crippen LogP contribution in [0.25, 0.3) is 0 Å². The summed E-state index contributed by atoms with van der Waals surface area (Å²) in [6, 6.07) is 4.95. The molecule has 3 heterocycles. The smallest absolute Gasteiger partial charge is 0.243 e. The normalized spacial score (nSPS) is 23.1. The molecule has 0 saturated carbocycles. The first-order valence-corrected chi connectivity index (χ1v) is 11.0. The van der Waals surface area contributed by atoms with Crippen molar-refractivity contribution < 1.29 is 17.5 Å². The van der Waals surface area contributed by atoms with Crippen LogP contribution in [-0.4, -0.2) is 42.4 Å². The van der Waals surface area contributed by atoms with Crippen LogP contribution in [0.3, 0.4) is 0 Å². The standard InChI is InChI=1S/C20H24FN3O3S/c1-14(2)19-22-12-15-8-11-27-20(18(15)23-19)9-3-10-24(13-20)28(25,26)17-6-4-16(21)5-7-17/h4-7,12,14H,3,8-11,13H2,1-2H3. The van der Waals surface area contributed by atoms with E-state index in [1.54, 1.807) is 0 Å². The summed E-state index contributed by atoms with van der Waals surface area (Å²) in [6.45, 7) is 5.19. The number of nitrogens with zero attached hydrogens (tertiary/aromatic N) is 3. The van der Waals surface area contributed by atoms with Crippen molar-refractivity contribution in [2.75, 3.05) is 19.7 Å². The van der Waals surface area contributed by atoms with Gasteiger partial charge in [-0.1, -0.05) is 13.8 Å². The third kappa shape index (κ3) is 3.33. The Kier molecular flexibility index (Phi) is 4.97. The number of piperidine rings is 1. The second kappa shape index (κ2) is 7.17. The lowest BCUT2D eigenvalue weighted by atomic mass is 9.85. The molecule has 1 spiro atoms. The van der Waals surface area contributed by atoms with E-state index in [2.05, 4.69) is 4.98 Å². The zero-order valence-corrected chi connectivity index (χ0v) is 16.9. The zero-order chi connectivity index (χ0) is 19.9. The minimum atomic E-state index is -3.74. The predicted octanol–water partition coefficient (Wildman–Crippen LogP) is 2.99. The molecule has 6 nitrogen and oxygen atoms in total. The van der Waals surface area contributed by atoms with Gasteiger partial charge in [0.1, 0.15) is 17.2 Å². The van der Waals surface area contributed by atoms with Crippen LogP contribution in [0.5, 0.6) is 0 Å². The molecule has 0 amide bonds. The fraction of sp³-hybridized carbons (Fsp3) is 0.500. The number of aromatic nitrogens is 2. The van der Waals surface area contributed by atoms with Gasteiger partial charge in [-0.25, -0.2) is 22.8 Å². The number of sulfonamides is 1. The molecular weight excluding hydrogens is 381 g/mol. The van der Waals surface area contributed by atoms with E-state index in [-0.39, 0.29) is 17.4 Å². The molecule has 8 heteroatoms. The number of benzene rings is 1. The van der Waals surface area contributed by atoms with Crippen molar-refractivity contribution >= 4 is 10.0 Å². The van der Waals surface area contributed by atoms with Gasteiger partial charge in [-0.2, -0.15) is 4.31 Å². The van der Waals surface area contributed by atoms with Crippen molar-refractivity contribution in [1.29, 1.82) is 0 Å². The number of hydrogen-bond acceptors (Lipinski definition) is 5. The molecule has 1 atom stereocenters. The fourth-order valence-corrected chi connectivity index (χ4v) is 5.48. The molecule has 0 aliphatic carbocycles. The van der Waals surface area contributed by atoms with Crippen LogP contribution in [0.1, 0.15) is 49.7 Å². The van der Waals surface area contributed by atoms with Crippen LogP contribution >= 0.6 is 0 Å².